The maximum Gasteiger partial charge on any atom is 0.488 e. The van der Waals surface area contributed by atoms with Crippen molar-refractivity contribution in [1.29, 1.82) is 0 Å². The molecule has 1 aromatic heterocycles. The van der Waals surface area contributed by atoms with Gasteiger partial charge >= 0.3 is 7.12 Å². The number of nitrogens with two attached hydrogens (primary N) is 1. The minimum Gasteiger partial charge on any atom is -0.423 e. The number of halogens is 1. The van der Waals surface area contributed by atoms with Gasteiger partial charge in [0.05, 0.1) is 5.92 Å². The third-order valence-electron chi connectivity index (χ3n) is 4.16. The first-order valence-corrected chi connectivity index (χ1v) is 8.00. The molecule has 0 radical (unpaired) electrons. The van der Waals surface area contributed by atoms with Crippen molar-refractivity contribution >= 4 is 34.9 Å². The van der Waals surface area contributed by atoms with Crippen molar-refractivity contribution in [2.45, 2.75) is 5.92 Å². The Hall–Kier alpha value is -2.81. The van der Waals surface area contributed by atoms with E-state index in [-0.39, 0.29) is 17.6 Å². The first-order chi connectivity index (χ1) is 12.5. The number of pyridine rings is 1. The van der Waals surface area contributed by atoms with Gasteiger partial charge in [-0.2, -0.15) is 0 Å². The van der Waals surface area contributed by atoms with Gasteiger partial charge in [0.15, 0.2) is 0 Å². The smallest absolute Gasteiger partial charge is 0.423 e. The van der Waals surface area contributed by atoms with E-state index in [0.717, 1.165) is 16.8 Å². The van der Waals surface area contributed by atoms with Crippen LogP contribution in [0.3, 0.4) is 0 Å². The van der Waals surface area contributed by atoms with Gasteiger partial charge in [-0.3, -0.25) is 9.78 Å². The zero-order valence-electron chi connectivity index (χ0n) is 13.8. The molecule has 1 amide bonds. The molecule has 1 atom stereocenters. The summed E-state index contributed by atoms with van der Waals surface area (Å²) < 4.78 is 14.3. The summed E-state index contributed by atoms with van der Waals surface area (Å²) in [4.78, 5) is 16.6. The number of hydrogen-bond donors (Lipinski definition) is 4. The number of benzene rings is 2. The standard InChI is InChI=1S/C18H17BFN3O3/c20-17-8-13(19(25)26)2-4-15(17)16(9-21)18(24)23-14-3-1-12-10-22-6-5-11(12)7-14/h1-8,10,16,25-26H,9,21H2,(H,23,24). The molecule has 0 saturated carbocycles. The van der Waals surface area contributed by atoms with Crippen LogP contribution in [0.1, 0.15) is 11.5 Å². The second-order valence-corrected chi connectivity index (χ2v) is 5.87. The van der Waals surface area contributed by atoms with E-state index in [2.05, 4.69) is 10.3 Å². The number of anilines is 1. The van der Waals surface area contributed by atoms with Crippen LogP contribution in [0.15, 0.2) is 54.9 Å². The van der Waals surface area contributed by atoms with Gasteiger partial charge in [0.1, 0.15) is 5.82 Å². The molecule has 8 heteroatoms. The van der Waals surface area contributed by atoms with Crippen molar-refractivity contribution in [3.8, 4) is 0 Å². The van der Waals surface area contributed by atoms with Crippen molar-refractivity contribution in [2.24, 2.45) is 5.73 Å². The molecule has 0 aliphatic carbocycles. The lowest BCUT2D eigenvalue weighted by atomic mass is 9.79. The molecule has 0 saturated heterocycles. The van der Waals surface area contributed by atoms with Crippen LogP contribution in [0.2, 0.25) is 0 Å². The minimum atomic E-state index is -1.78. The zero-order chi connectivity index (χ0) is 18.7. The van der Waals surface area contributed by atoms with Crippen molar-refractivity contribution < 1.29 is 19.2 Å². The summed E-state index contributed by atoms with van der Waals surface area (Å²) in [5, 5.41) is 22.8. The Labute approximate surface area is 149 Å². The lowest BCUT2D eigenvalue weighted by Crippen LogP contribution is -2.32. The van der Waals surface area contributed by atoms with Crippen LogP contribution in [0.5, 0.6) is 0 Å². The molecule has 1 heterocycles. The third-order valence-corrected chi connectivity index (χ3v) is 4.16. The number of nitrogens with zero attached hydrogens (tertiary/aromatic N) is 1. The molecule has 0 aliphatic rings. The molecule has 3 aromatic rings. The SMILES string of the molecule is NCC(C(=O)Nc1ccc2cnccc2c1)c1ccc(B(O)O)cc1F. The molecule has 0 aliphatic heterocycles. The molecule has 2 aromatic carbocycles. The van der Waals surface area contributed by atoms with E-state index in [1.54, 1.807) is 24.5 Å². The largest absolute Gasteiger partial charge is 0.488 e. The fraction of sp³-hybridized carbons (Fsp3) is 0.111. The van der Waals surface area contributed by atoms with Crippen LogP contribution in [0.4, 0.5) is 10.1 Å². The number of hydrogen-bond acceptors (Lipinski definition) is 5. The van der Waals surface area contributed by atoms with Crippen molar-refractivity contribution in [3.05, 3.63) is 66.2 Å². The first-order valence-electron chi connectivity index (χ1n) is 8.00. The minimum absolute atomic E-state index is 0.00516. The summed E-state index contributed by atoms with van der Waals surface area (Å²) in [6.07, 6.45) is 3.37. The van der Waals surface area contributed by atoms with E-state index in [1.807, 2.05) is 12.1 Å². The van der Waals surface area contributed by atoms with E-state index >= 15 is 0 Å². The van der Waals surface area contributed by atoms with Crippen LogP contribution >= 0.6 is 0 Å². The molecule has 5 N–H and O–H groups in total. The third kappa shape index (κ3) is 3.72. The summed E-state index contributed by atoms with van der Waals surface area (Å²) in [5.74, 6) is -2.07. The summed E-state index contributed by atoms with van der Waals surface area (Å²) in [6, 6.07) is 10.9. The van der Waals surface area contributed by atoms with E-state index < -0.39 is 24.8 Å². The van der Waals surface area contributed by atoms with Gasteiger partial charge in [-0.05, 0) is 35.1 Å². The molecular weight excluding hydrogens is 336 g/mol. The second kappa shape index (κ2) is 7.61. The monoisotopic (exact) mass is 353 g/mol. The normalized spacial score (nSPS) is 12.0. The van der Waals surface area contributed by atoms with Gasteiger partial charge < -0.3 is 21.1 Å². The molecule has 26 heavy (non-hydrogen) atoms. The summed E-state index contributed by atoms with van der Waals surface area (Å²) in [7, 11) is -1.78. The highest BCUT2D eigenvalue weighted by Gasteiger charge is 2.24. The van der Waals surface area contributed by atoms with Crippen LogP contribution in [-0.4, -0.2) is 34.6 Å². The summed E-state index contributed by atoms with van der Waals surface area (Å²) in [5.41, 5.74) is 6.35. The first kappa shape index (κ1) is 18.0. The highest BCUT2D eigenvalue weighted by molar-refractivity contribution is 6.58. The Bertz CT molecular complexity index is 952. The van der Waals surface area contributed by atoms with Gasteiger partial charge in [-0.15, -0.1) is 0 Å². The lowest BCUT2D eigenvalue weighted by Gasteiger charge is -2.17. The number of rotatable bonds is 5. The Morgan fingerprint density at radius 1 is 1.19 bits per heavy atom. The van der Waals surface area contributed by atoms with E-state index in [0.29, 0.717) is 5.69 Å². The summed E-state index contributed by atoms with van der Waals surface area (Å²) in [6.45, 7) is -0.0960. The predicted octanol–water partition coefficient (Wildman–Crippen LogP) is 0.735. The molecule has 0 bridgehead atoms. The van der Waals surface area contributed by atoms with Crippen LogP contribution in [0, 0.1) is 5.82 Å². The molecule has 6 nitrogen and oxygen atoms in total. The summed E-state index contributed by atoms with van der Waals surface area (Å²) >= 11 is 0. The predicted molar refractivity (Wildman–Crippen MR) is 98.4 cm³/mol. The van der Waals surface area contributed by atoms with E-state index in [4.69, 9.17) is 15.8 Å². The average Bonchev–Trinajstić information content (AvgIpc) is 2.63. The topological polar surface area (TPSA) is 108 Å². The van der Waals surface area contributed by atoms with Crippen molar-refractivity contribution in [1.82, 2.24) is 4.98 Å². The zero-order valence-corrected chi connectivity index (χ0v) is 13.8. The Balaban J connectivity index is 1.84. The van der Waals surface area contributed by atoms with Gasteiger partial charge in [-0.1, -0.05) is 18.2 Å². The highest BCUT2D eigenvalue weighted by Crippen LogP contribution is 2.22. The molecular formula is C18H17BFN3O3. The maximum atomic E-state index is 14.3. The van der Waals surface area contributed by atoms with Crippen molar-refractivity contribution in [2.75, 3.05) is 11.9 Å². The lowest BCUT2D eigenvalue weighted by molar-refractivity contribution is -0.117. The Morgan fingerprint density at radius 2 is 2.00 bits per heavy atom. The van der Waals surface area contributed by atoms with Gasteiger partial charge in [0, 0.05) is 35.6 Å². The Kier molecular flexibility index (Phi) is 5.27. The van der Waals surface area contributed by atoms with Gasteiger partial charge in [0.2, 0.25) is 5.91 Å². The number of carbonyl (C=O) groups is 1. The Morgan fingerprint density at radius 3 is 2.69 bits per heavy atom. The van der Waals surface area contributed by atoms with Crippen LogP contribution in [0.25, 0.3) is 10.8 Å². The maximum absolute atomic E-state index is 14.3. The van der Waals surface area contributed by atoms with Gasteiger partial charge in [0.25, 0.3) is 0 Å². The fourth-order valence-electron chi connectivity index (χ4n) is 2.75. The van der Waals surface area contributed by atoms with E-state index in [1.165, 1.54) is 12.1 Å². The number of carbonyl (C=O) groups excluding carboxylic acids is 1. The molecule has 0 spiro atoms. The number of nitrogens with one attached hydrogen (secondary N) is 1. The van der Waals surface area contributed by atoms with Crippen LogP contribution in [-0.2, 0) is 4.79 Å². The molecule has 0 fully saturated rings. The highest BCUT2D eigenvalue weighted by atomic mass is 19.1. The second-order valence-electron chi connectivity index (χ2n) is 5.87. The number of amides is 1. The quantitative estimate of drug-likeness (QED) is 0.506. The van der Waals surface area contributed by atoms with Crippen molar-refractivity contribution in [3.63, 3.8) is 0 Å². The number of aromatic nitrogens is 1. The fourth-order valence-corrected chi connectivity index (χ4v) is 2.75. The molecule has 132 valence electrons. The number of fused-ring (bicyclic) bond motifs is 1. The average molecular weight is 353 g/mol. The van der Waals surface area contributed by atoms with E-state index in [9.17, 15) is 9.18 Å². The van der Waals surface area contributed by atoms with Crippen LogP contribution < -0.4 is 16.5 Å². The molecule has 1 unspecified atom stereocenters. The molecule has 3 rings (SSSR count). The van der Waals surface area contributed by atoms with Gasteiger partial charge in [-0.25, -0.2) is 4.39 Å².